The van der Waals surface area contributed by atoms with Crippen molar-refractivity contribution in [2.45, 2.75) is 10.1 Å². The van der Waals surface area contributed by atoms with Crippen LogP contribution < -0.4 is 11.6 Å². The number of benzene rings is 2. The molecule has 3 rings (SSSR count). The summed E-state index contributed by atoms with van der Waals surface area (Å²) in [6, 6.07) is 13.5. The normalized spacial score (nSPS) is 12.5. The molecule has 0 bridgehead atoms. The van der Waals surface area contributed by atoms with Gasteiger partial charge in [-0.2, -0.15) is 0 Å². The second-order valence-electron chi connectivity index (χ2n) is 6.46. The molecule has 3 aromatic rings. The van der Waals surface area contributed by atoms with E-state index in [-0.39, 0.29) is 28.2 Å². The van der Waals surface area contributed by atoms with Gasteiger partial charge in [-0.15, -0.1) is 0 Å². The van der Waals surface area contributed by atoms with Crippen LogP contribution in [-0.2, 0) is 21.6 Å². The highest BCUT2D eigenvalue weighted by molar-refractivity contribution is 7.91. The van der Waals surface area contributed by atoms with Gasteiger partial charge in [-0.25, -0.2) is 23.6 Å². The summed E-state index contributed by atoms with van der Waals surface area (Å²) < 4.78 is 45.9. The quantitative estimate of drug-likeness (QED) is 0.334. The molecule has 0 amide bonds. The fourth-order valence-corrected chi connectivity index (χ4v) is 4.35. The summed E-state index contributed by atoms with van der Waals surface area (Å²) in [6.45, 7) is -0.0246. The zero-order valence-corrected chi connectivity index (χ0v) is 17.3. The van der Waals surface area contributed by atoms with Crippen LogP contribution in [-0.4, -0.2) is 36.8 Å². The zero-order valence-electron chi connectivity index (χ0n) is 16.5. The van der Waals surface area contributed by atoms with Crippen molar-refractivity contribution in [3.8, 4) is 0 Å². The molecule has 0 radical (unpaired) electrons. The van der Waals surface area contributed by atoms with Crippen LogP contribution in [0.15, 0.2) is 70.8 Å². The number of halogens is 1. The molecule has 0 atom stereocenters. The molecule has 10 heteroatoms. The minimum atomic E-state index is -3.87. The molecule has 0 saturated carbocycles. The van der Waals surface area contributed by atoms with Crippen LogP contribution in [0, 0.1) is 5.82 Å². The van der Waals surface area contributed by atoms with E-state index in [9.17, 15) is 12.8 Å². The maximum absolute atomic E-state index is 13.3. The van der Waals surface area contributed by atoms with Gasteiger partial charge in [-0.1, -0.05) is 18.2 Å². The molecule has 30 heavy (non-hydrogen) atoms. The number of hydrazine groups is 1. The summed E-state index contributed by atoms with van der Waals surface area (Å²) in [5.41, 5.74) is 7.69. The van der Waals surface area contributed by atoms with Crippen molar-refractivity contribution in [1.82, 2.24) is 14.6 Å². The molecule has 2 aromatic carbocycles. The molecule has 4 N–H and O–H groups in total. The van der Waals surface area contributed by atoms with Gasteiger partial charge in [0.2, 0.25) is 15.0 Å². The highest BCUT2D eigenvalue weighted by Gasteiger charge is 2.27. The van der Waals surface area contributed by atoms with E-state index in [0.717, 1.165) is 0 Å². The van der Waals surface area contributed by atoms with Gasteiger partial charge in [-0.3, -0.25) is 5.01 Å². The van der Waals surface area contributed by atoms with Crippen LogP contribution >= 0.6 is 0 Å². The number of nitrogens with zero attached hydrogens (tertiary/aromatic N) is 3. The predicted molar refractivity (Wildman–Crippen MR) is 110 cm³/mol. The first-order valence-corrected chi connectivity index (χ1v) is 10.3. The van der Waals surface area contributed by atoms with Crippen LogP contribution in [0.3, 0.4) is 0 Å². The Morgan fingerprint density at radius 1 is 1.17 bits per heavy atom. The molecule has 158 valence electrons. The first kappa shape index (κ1) is 21.5. The van der Waals surface area contributed by atoms with Gasteiger partial charge in [-0.05, 0) is 42.0 Å². The Bertz CT molecular complexity index is 1160. The van der Waals surface area contributed by atoms with Crippen LogP contribution in [0.1, 0.15) is 11.3 Å². The second kappa shape index (κ2) is 8.66. The molecule has 0 fully saturated rings. The Hall–Kier alpha value is -3.21. The summed E-state index contributed by atoms with van der Waals surface area (Å²) >= 11 is 0. The van der Waals surface area contributed by atoms with Crippen LogP contribution in [0.4, 0.5) is 4.39 Å². The molecule has 0 spiro atoms. The van der Waals surface area contributed by atoms with E-state index in [1.54, 1.807) is 25.2 Å². The third-order valence-electron chi connectivity index (χ3n) is 4.45. The van der Waals surface area contributed by atoms with Gasteiger partial charge < -0.3 is 15.0 Å². The van der Waals surface area contributed by atoms with Crippen molar-refractivity contribution in [1.29, 1.82) is 0 Å². The first-order valence-electron chi connectivity index (χ1n) is 8.86. The topological polar surface area (TPSA) is 116 Å². The average molecular weight is 431 g/mol. The third-order valence-corrected chi connectivity index (χ3v) is 6.20. The van der Waals surface area contributed by atoms with Crippen molar-refractivity contribution >= 4 is 21.2 Å². The number of sulfone groups is 1. The lowest BCUT2D eigenvalue weighted by molar-refractivity contribution is 0.103. The van der Waals surface area contributed by atoms with Gasteiger partial charge in [0.15, 0.2) is 0 Å². The van der Waals surface area contributed by atoms with Gasteiger partial charge in [0.05, 0.1) is 22.5 Å². The molecule has 0 unspecified atom stereocenters. The summed E-state index contributed by atoms with van der Waals surface area (Å²) in [6.07, 6.45) is 1.37. The van der Waals surface area contributed by atoms with E-state index in [2.05, 4.69) is 4.98 Å². The van der Waals surface area contributed by atoms with Crippen molar-refractivity contribution in [2.75, 3.05) is 13.8 Å². The van der Waals surface area contributed by atoms with Gasteiger partial charge in [0.1, 0.15) is 18.2 Å². The number of ether oxygens (including phenoxy) is 1. The van der Waals surface area contributed by atoms with Crippen molar-refractivity contribution in [3.05, 3.63) is 77.9 Å². The maximum atomic E-state index is 13.3. The highest BCUT2D eigenvalue weighted by Crippen LogP contribution is 2.28. The van der Waals surface area contributed by atoms with Crippen LogP contribution in [0.5, 0.6) is 0 Å². The third kappa shape index (κ3) is 4.06. The molecule has 0 saturated heterocycles. The number of rotatable bonds is 7. The Labute approximate surface area is 174 Å². The number of aromatic nitrogens is 2. The molecule has 8 nitrogen and oxygen atoms in total. The minimum absolute atomic E-state index is 0.0246. The molecule has 0 aliphatic heterocycles. The number of hydrogen-bond acceptors (Lipinski definition) is 7. The monoisotopic (exact) mass is 431 g/mol. The number of nitrogens with two attached hydrogens (primary N) is 2. The number of methoxy groups -OCH3 is 1. The molecular formula is C20H22FN5O3S. The summed E-state index contributed by atoms with van der Waals surface area (Å²) in [5, 5.41) is 1.06. The second-order valence-corrected chi connectivity index (χ2v) is 8.30. The van der Waals surface area contributed by atoms with Gasteiger partial charge in [0.25, 0.3) is 0 Å². The summed E-state index contributed by atoms with van der Waals surface area (Å²) in [5.74, 6) is 5.72. The van der Waals surface area contributed by atoms with Crippen molar-refractivity contribution < 1.29 is 17.5 Å². The standard InChI is InChI=1S/C20H22FN5O3S/c1-25-17(12-24-20(25)30(27,28)16-6-4-3-5-7-16)19(26(23)13-29-2)18(22)14-8-10-15(21)11-9-14/h3-12H,13,22-23H2,1-2H3/b19-18-. The van der Waals surface area contributed by atoms with Gasteiger partial charge in [0, 0.05) is 14.2 Å². The van der Waals surface area contributed by atoms with E-state index in [0.29, 0.717) is 11.3 Å². The van der Waals surface area contributed by atoms with E-state index in [4.69, 9.17) is 16.3 Å². The molecular weight excluding hydrogens is 409 g/mol. The number of imidazole rings is 1. The van der Waals surface area contributed by atoms with E-state index in [1.807, 2.05) is 0 Å². The average Bonchev–Trinajstić information content (AvgIpc) is 3.11. The Balaban J connectivity index is 2.17. The lowest BCUT2D eigenvalue weighted by Gasteiger charge is -2.23. The summed E-state index contributed by atoms with van der Waals surface area (Å²) in [7, 11) is -0.857. The SMILES string of the molecule is COCN(N)/C(=C(\N)c1ccc(F)cc1)c1cnc(S(=O)(=O)c2ccccc2)n1C. The predicted octanol–water partition coefficient (Wildman–Crippen LogP) is 1.96. The van der Waals surface area contributed by atoms with Crippen molar-refractivity contribution in [2.24, 2.45) is 18.6 Å². The minimum Gasteiger partial charge on any atom is -0.396 e. The summed E-state index contributed by atoms with van der Waals surface area (Å²) in [4.78, 5) is 4.23. The van der Waals surface area contributed by atoms with E-state index < -0.39 is 15.7 Å². The molecule has 0 aliphatic rings. The number of hydrogen-bond donors (Lipinski definition) is 2. The Morgan fingerprint density at radius 2 is 1.80 bits per heavy atom. The lowest BCUT2D eigenvalue weighted by Crippen LogP contribution is -2.33. The maximum Gasteiger partial charge on any atom is 0.240 e. The first-order chi connectivity index (χ1) is 14.3. The Morgan fingerprint density at radius 3 is 2.40 bits per heavy atom. The zero-order chi connectivity index (χ0) is 21.9. The van der Waals surface area contributed by atoms with Crippen LogP contribution in [0.25, 0.3) is 11.4 Å². The molecule has 1 heterocycles. The smallest absolute Gasteiger partial charge is 0.240 e. The fraction of sp³-hybridized carbons (Fsp3) is 0.150. The van der Waals surface area contributed by atoms with Gasteiger partial charge >= 0.3 is 0 Å². The highest BCUT2D eigenvalue weighted by atomic mass is 32.2. The fourth-order valence-electron chi connectivity index (χ4n) is 2.98. The largest absolute Gasteiger partial charge is 0.396 e. The van der Waals surface area contributed by atoms with E-state index in [1.165, 1.54) is 59.3 Å². The van der Waals surface area contributed by atoms with E-state index >= 15 is 0 Å². The Kier molecular flexibility index (Phi) is 6.20. The van der Waals surface area contributed by atoms with Crippen molar-refractivity contribution in [3.63, 3.8) is 0 Å². The lowest BCUT2D eigenvalue weighted by atomic mass is 10.1. The van der Waals surface area contributed by atoms with Crippen LogP contribution in [0.2, 0.25) is 0 Å². The molecule has 1 aromatic heterocycles. The molecule has 0 aliphatic carbocycles.